The minimum atomic E-state index is -0.454. The number of benzene rings is 1. The Hall–Kier alpha value is -1.62. The Balaban J connectivity index is 2.17. The smallest absolute Gasteiger partial charge is 0.256 e. The highest BCUT2D eigenvalue weighted by Crippen LogP contribution is 2.20. The molecular weight excluding hydrogens is 223 g/mol. The van der Waals surface area contributed by atoms with Crippen molar-refractivity contribution in [3.05, 3.63) is 29.6 Å². The first-order chi connectivity index (χ1) is 8.11. The average Bonchev–Trinajstić information content (AvgIpc) is 2.80. The molecule has 1 aromatic carbocycles. The van der Waals surface area contributed by atoms with E-state index >= 15 is 0 Å². The van der Waals surface area contributed by atoms with Crippen molar-refractivity contribution in [3.8, 4) is 0 Å². The van der Waals surface area contributed by atoms with E-state index in [1.807, 2.05) is 0 Å². The summed E-state index contributed by atoms with van der Waals surface area (Å²) < 4.78 is 18.3. The number of rotatable bonds is 2. The topological polar surface area (TPSA) is 55.6 Å². The summed E-state index contributed by atoms with van der Waals surface area (Å²) in [5.74, 6) is -0.688. The zero-order chi connectivity index (χ0) is 12.4. The first-order valence-corrected chi connectivity index (χ1v) is 5.49. The summed E-state index contributed by atoms with van der Waals surface area (Å²) in [5, 5.41) is 0. The number of methoxy groups -OCH3 is 1. The maximum Gasteiger partial charge on any atom is 0.256 e. The molecule has 4 nitrogen and oxygen atoms in total. The van der Waals surface area contributed by atoms with E-state index in [4.69, 9.17) is 10.5 Å². The number of hydrogen-bond acceptors (Lipinski definition) is 3. The van der Waals surface area contributed by atoms with E-state index < -0.39 is 5.82 Å². The maximum atomic E-state index is 13.1. The Morgan fingerprint density at radius 1 is 1.59 bits per heavy atom. The molecule has 0 aliphatic carbocycles. The number of anilines is 1. The molecule has 0 radical (unpaired) electrons. The summed E-state index contributed by atoms with van der Waals surface area (Å²) in [6, 6.07) is 3.83. The van der Waals surface area contributed by atoms with Crippen LogP contribution in [-0.2, 0) is 4.74 Å². The van der Waals surface area contributed by atoms with Crippen molar-refractivity contribution in [2.45, 2.75) is 12.5 Å². The second-order valence-electron chi connectivity index (χ2n) is 4.13. The van der Waals surface area contributed by atoms with Crippen LogP contribution in [-0.4, -0.2) is 37.1 Å². The summed E-state index contributed by atoms with van der Waals surface area (Å²) >= 11 is 0. The van der Waals surface area contributed by atoms with Gasteiger partial charge in [-0.05, 0) is 24.6 Å². The van der Waals surface area contributed by atoms with Crippen molar-refractivity contribution in [3.63, 3.8) is 0 Å². The fourth-order valence-corrected chi connectivity index (χ4v) is 1.99. The quantitative estimate of drug-likeness (QED) is 0.789. The Morgan fingerprint density at radius 2 is 2.35 bits per heavy atom. The van der Waals surface area contributed by atoms with Gasteiger partial charge in [-0.3, -0.25) is 4.79 Å². The van der Waals surface area contributed by atoms with Crippen molar-refractivity contribution in [1.82, 2.24) is 4.90 Å². The molecule has 1 fully saturated rings. The fourth-order valence-electron chi connectivity index (χ4n) is 1.99. The minimum absolute atomic E-state index is 0.0636. The average molecular weight is 238 g/mol. The molecule has 0 saturated carbocycles. The number of carbonyl (C=O) groups excluding carboxylic acids is 1. The molecule has 1 aromatic rings. The molecule has 2 N–H and O–H groups in total. The first-order valence-electron chi connectivity index (χ1n) is 5.49. The molecule has 5 heteroatoms. The van der Waals surface area contributed by atoms with Crippen LogP contribution in [0.4, 0.5) is 10.1 Å². The lowest BCUT2D eigenvalue weighted by Crippen LogP contribution is -2.30. The van der Waals surface area contributed by atoms with Crippen molar-refractivity contribution in [2.75, 3.05) is 25.9 Å². The number of nitrogens with zero attached hydrogens (tertiary/aromatic N) is 1. The highest BCUT2D eigenvalue weighted by Gasteiger charge is 2.27. The fraction of sp³-hybridized carbons (Fsp3) is 0.417. The third kappa shape index (κ3) is 2.39. The van der Waals surface area contributed by atoms with Crippen molar-refractivity contribution in [1.29, 1.82) is 0 Å². The van der Waals surface area contributed by atoms with Gasteiger partial charge >= 0.3 is 0 Å². The van der Waals surface area contributed by atoms with Gasteiger partial charge in [-0.2, -0.15) is 0 Å². The first kappa shape index (κ1) is 11.9. The predicted octanol–water partition coefficient (Wildman–Crippen LogP) is 1.27. The van der Waals surface area contributed by atoms with Crippen molar-refractivity contribution in [2.24, 2.45) is 0 Å². The molecule has 1 aliphatic heterocycles. The van der Waals surface area contributed by atoms with Gasteiger partial charge in [0.25, 0.3) is 5.91 Å². The molecule has 1 heterocycles. The van der Waals surface area contributed by atoms with Gasteiger partial charge in [0, 0.05) is 25.9 Å². The molecule has 0 spiro atoms. The van der Waals surface area contributed by atoms with Gasteiger partial charge in [-0.15, -0.1) is 0 Å². The summed E-state index contributed by atoms with van der Waals surface area (Å²) in [5.41, 5.74) is 6.21. The summed E-state index contributed by atoms with van der Waals surface area (Å²) in [7, 11) is 1.62. The number of amides is 1. The summed E-state index contributed by atoms with van der Waals surface area (Å²) in [6.07, 6.45) is 0.867. The molecule has 2 rings (SSSR count). The van der Waals surface area contributed by atoms with Crippen LogP contribution in [0.25, 0.3) is 0 Å². The van der Waals surface area contributed by atoms with Crippen LogP contribution in [0.1, 0.15) is 16.8 Å². The molecule has 17 heavy (non-hydrogen) atoms. The van der Waals surface area contributed by atoms with Gasteiger partial charge in [0.05, 0.1) is 11.7 Å². The van der Waals surface area contributed by atoms with E-state index in [2.05, 4.69) is 0 Å². The van der Waals surface area contributed by atoms with Gasteiger partial charge < -0.3 is 15.4 Å². The SMILES string of the molecule is COC1CCN(C(=O)c2cc(F)ccc2N)C1. The van der Waals surface area contributed by atoms with Crippen LogP contribution in [0.15, 0.2) is 18.2 Å². The standard InChI is InChI=1S/C12H15FN2O2/c1-17-9-4-5-15(7-9)12(16)10-6-8(13)2-3-11(10)14/h2-3,6,9H,4-5,7,14H2,1H3. The molecule has 0 aromatic heterocycles. The third-order valence-corrected chi connectivity index (χ3v) is 3.01. The Kier molecular flexibility index (Phi) is 3.28. The van der Waals surface area contributed by atoms with Crippen LogP contribution in [0.5, 0.6) is 0 Å². The van der Waals surface area contributed by atoms with Crippen LogP contribution >= 0.6 is 0 Å². The second-order valence-corrected chi connectivity index (χ2v) is 4.13. The van der Waals surface area contributed by atoms with E-state index in [9.17, 15) is 9.18 Å². The molecule has 92 valence electrons. The Morgan fingerprint density at radius 3 is 3.00 bits per heavy atom. The maximum absolute atomic E-state index is 13.1. The van der Waals surface area contributed by atoms with Gasteiger partial charge in [0.1, 0.15) is 5.82 Å². The zero-order valence-corrected chi connectivity index (χ0v) is 9.65. The van der Waals surface area contributed by atoms with Gasteiger partial charge in [0.15, 0.2) is 0 Å². The van der Waals surface area contributed by atoms with Crippen LogP contribution in [0, 0.1) is 5.82 Å². The van der Waals surface area contributed by atoms with Gasteiger partial charge in [-0.1, -0.05) is 0 Å². The molecule has 1 atom stereocenters. The van der Waals surface area contributed by atoms with Gasteiger partial charge in [-0.25, -0.2) is 4.39 Å². The summed E-state index contributed by atoms with van der Waals surface area (Å²) in [4.78, 5) is 13.7. The molecule has 1 amide bonds. The van der Waals surface area contributed by atoms with E-state index in [0.717, 1.165) is 6.42 Å². The highest BCUT2D eigenvalue weighted by molar-refractivity contribution is 5.99. The Labute approximate surface area is 99.2 Å². The Bertz CT molecular complexity index is 437. The molecule has 1 saturated heterocycles. The lowest BCUT2D eigenvalue weighted by atomic mass is 10.1. The lowest BCUT2D eigenvalue weighted by Gasteiger charge is -2.17. The number of nitrogens with two attached hydrogens (primary N) is 1. The lowest BCUT2D eigenvalue weighted by molar-refractivity contribution is 0.0724. The minimum Gasteiger partial charge on any atom is -0.398 e. The third-order valence-electron chi connectivity index (χ3n) is 3.01. The molecule has 0 bridgehead atoms. The van der Waals surface area contributed by atoms with Gasteiger partial charge in [0.2, 0.25) is 0 Å². The number of ether oxygens (including phenoxy) is 1. The number of likely N-dealkylation sites (tertiary alicyclic amines) is 1. The largest absolute Gasteiger partial charge is 0.398 e. The molecule has 1 unspecified atom stereocenters. The normalized spacial score (nSPS) is 19.6. The van der Waals surface area contributed by atoms with Crippen LogP contribution in [0.2, 0.25) is 0 Å². The van der Waals surface area contributed by atoms with E-state index in [0.29, 0.717) is 18.8 Å². The van der Waals surface area contributed by atoms with E-state index in [1.54, 1.807) is 12.0 Å². The highest BCUT2D eigenvalue weighted by atomic mass is 19.1. The van der Waals surface area contributed by atoms with E-state index in [-0.39, 0.29) is 17.6 Å². The number of hydrogen-bond donors (Lipinski definition) is 1. The number of nitrogen functional groups attached to an aromatic ring is 1. The molecule has 1 aliphatic rings. The van der Waals surface area contributed by atoms with Crippen LogP contribution < -0.4 is 5.73 Å². The van der Waals surface area contributed by atoms with E-state index in [1.165, 1.54) is 18.2 Å². The monoisotopic (exact) mass is 238 g/mol. The van der Waals surface area contributed by atoms with Crippen molar-refractivity contribution >= 4 is 11.6 Å². The van der Waals surface area contributed by atoms with Crippen LogP contribution in [0.3, 0.4) is 0 Å². The number of halogens is 1. The zero-order valence-electron chi connectivity index (χ0n) is 9.65. The predicted molar refractivity (Wildman–Crippen MR) is 62.1 cm³/mol. The molecular formula is C12H15FN2O2. The summed E-state index contributed by atoms with van der Waals surface area (Å²) in [6.45, 7) is 1.15. The second kappa shape index (κ2) is 4.71. The number of carbonyl (C=O) groups is 1. The van der Waals surface area contributed by atoms with Crippen molar-refractivity contribution < 1.29 is 13.9 Å².